The van der Waals surface area contributed by atoms with Gasteiger partial charge in [-0.2, -0.15) is 0 Å². The highest BCUT2D eigenvalue weighted by molar-refractivity contribution is 9.10. The Morgan fingerprint density at radius 1 is 1.26 bits per heavy atom. The van der Waals surface area contributed by atoms with Crippen LogP contribution in [0.1, 0.15) is 38.8 Å². The Morgan fingerprint density at radius 3 is 2.32 bits per heavy atom. The van der Waals surface area contributed by atoms with Crippen LogP contribution in [0.2, 0.25) is 0 Å². The first-order valence-corrected chi connectivity index (χ1v) is 7.25. The van der Waals surface area contributed by atoms with Crippen LogP contribution in [0.15, 0.2) is 16.6 Å². The van der Waals surface area contributed by atoms with Crippen molar-refractivity contribution in [3.63, 3.8) is 0 Å². The van der Waals surface area contributed by atoms with Crippen molar-refractivity contribution in [2.75, 3.05) is 5.32 Å². The highest BCUT2D eigenvalue weighted by atomic mass is 79.9. The van der Waals surface area contributed by atoms with E-state index in [1.54, 1.807) is 0 Å². The third-order valence-corrected chi connectivity index (χ3v) is 3.31. The van der Waals surface area contributed by atoms with Crippen LogP contribution in [0, 0.1) is 13.8 Å². The normalized spacial score (nSPS) is 13.0. The smallest absolute Gasteiger partial charge is 0.242 e. The van der Waals surface area contributed by atoms with Crippen molar-refractivity contribution in [2.45, 2.75) is 53.1 Å². The summed E-state index contributed by atoms with van der Waals surface area (Å²) in [5, 5.41) is 6.24. The predicted octanol–water partition coefficient (Wildman–Crippen LogP) is 3.78. The van der Waals surface area contributed by atoms with Crippen LogP contribution in [0.4, 0.5) is 5.69 Å². The summed E-state index contributed by atoms with van der Waals surface area (Å²) in [7, 11) is 0. The molecule has 106 valence electrons. The lowest BCUT2D eigenvalue weighted by atomic mass is 10.1. The zero-order valence-corrected chi connectivity index (χ0v) is 14.1. The zero-order valence-electron chi connectivity index (χ0n) is 12.5. The second-order valence-electron chi connectivity index (χ2n) is 6.04. The molecule has 4 heteroatoms. The summed E-state index contributed by atoms with van der Waals surface area (Å²) < 4.78 is 0.986. The van der Waals surface area contributed by atoms with Crippen LogP contribution >= 0.6 is 15.9 Å². The number of nitrogens with one attached hydrogen (secondary N) is 2. The van der Waals surface area contributed by atoms with Crippen molar-refractivity contribution in [1.29, 1.82) is 0 Å². The lowest BCUT2D eigenvalue weighted by Gasteiger charge is -2.25. The molecule has 0 aromatic heterocycles. The summed E-state index contributed by atoms with van der Waals surface area (Å²) in [4.78, 5) is 12.1. The van der Waals surface area contributed by atoms with Crippen LogP contribution in [-0.4, -0.2) is 17.5 Å². The zero-order chi connectivity index (χ0) is 14.8. The van der Waals surface area contributed by atoms with E-state index in [1.165, 1.54) is 5.56 Å². The highest BCUT2D eigenvalue weighted by Gasteiger charge is 2.20. The topological polar surface area (TPSA) is 41.1 Å². The number of halogens is 1. The first-order valence-electron chi connectivity index (χ1n) is 6.45. The SMILES string of the molecule is Cc1cc(C)c(NC(C)C(=O)NC(C)(C)C)c(Br)c1. The van der Waals surface area contributed by atoms with Crippen molar-refractivity contribution in [1.82, 2.24) is 5.32 Å². The fraction of sp³-hybridized carbons (Fsp3) is 0.533. The molecule has 0 saturated heterocycles. The number of carbonyl (C=O) groups excluding carboxylic acids is 1. The van der Waals surface area contributed by atoms with E-state index in [9.17, 15) is 4.79 Å². The van der Waals surface area contributed by atoms with Gasteiger partial charge in [-0.3, -0.25) is 4.79 Å². The maximum absolute atomic E-state index is 12.1. The summed E-state index contributed by atoms with van der Waals surface area (Å²) in [6.07, 6.45) is 0. The molecule has 1 unspecified atom stereocenters. The van der Waals surface area contributed by atoms with Crippen LogP contribution < -0.4 is 10.6 Å². The maximum atomic E-state index is 12.1. The molecule has 2 N–H and O–H groups in total. The van der Waals surface area contributed by atoms with Gasteiger partial charge in [0, 0.05) is 10.0 Å². The summed E-state index contributed by atoms with van der Waals surface area (Å²) in [6.45, 7) is 11.9. The first kappa shape index (κ1) is 16.0. The number of amides is 1. The number of hydrogen-bond acceptors (Lipinski definition) is 2. The number of hydrogen-bond donors (Lipinski definition) is 2. The molecular formula is C15H23BrN2O. The number of anilines is 1. The van der Waals surface area contributed by atoms with Crippen molar-refractivity contribution in [3.8, 4) is 0 Å². The minimum Gasteiger partial charge on any atom is -0.373 e. The molecule has 0 aliphatic heterocycles. The molecule has 1 atom stereocenters. The second-order valence-corrected chi connectivity index (χ2v) is 6.90. The van der Waals surface area contributed by atoms with E-state index in [4.69, 9.17) is 0 Å². The molecule has 0 aliphatic rings. The van der Waals surface area contributed by atoms with E-state index in [0.29, 0.717) is 0 Å². The van der Waals surface area contributed by atoms with Gasteiger partial charge in [0.1, 0.15) is 6.04 Å². The summed E-state index contributed by atoms with van der Waals surface area (Å²) in [5.74, 6) is -0.000579. The van der Waals surface area contributed by atoms with Gasteiger partial charge in [-0.25, -0.2) is 0 Å². The van der Waals surface area contributed by atoms with Gasteiger partial charge >= 0.3 is 0 Å². The van der Waals surface area contributed by atoms with Crippen molar-refractivity contribution < 1.29 is 4.79 Å². The molecule has 1 rings (SSSR count). The number of rotatable bonds is 3. The Bertz CT molecular complexity index is 455. The van der Waals surface area contributed by atoms with E-state index in [2.05, 4.69) is 39.6 Å². The van der Waals surface area contributed by atoms with Crippen LogP contribution in [0.5, 0.6) is 0 Å². The quantitative estimate of drug-likeness (QED) is 0.887. The van der Waals surface area contributed by atoms with Gasteiger partial charge in [0.2, 0.25) is 5.91 Å². The Kier molecular flexibility index (Phi) is 5.02. The molecule has 0 radical (unpaired) electrons. The minimum absolute atomic E-state index is 0.000579. The molecule has 1 aromatic carbocycles. The summed E-state index contributed by atoms with van der Waals surface area (Å²) >= 11 is 3.54. The average Bonchev–Trinajstić information content (AvgIpc) is 2.20. The van der Waals surface area contributed by atoms with Gasteiger partial charge in [0.25, 0.3) is 0 Å². The standard InChI is InChI=1S/C15H23BrN2O/c1-9-7-10(2)13(12(16)8-9)17-11(3)14(19)18-15(4,5)6/h7-8,11,17H,1-6H3,(H,18,19). The average molecular weight is 327 g/mol. The Labute approximate surface area is 124 Å². The molecule has 0 spiro atoms. The maximum Gasteiger partial charge on any atom is 0.242 e. The van der Waals surface area contributed by atoms with Gasteiger partial charge in [0.15, 0.2) is 0 Å². The Morgan fingerprint density at radius 2 is 1.84 bits per heavy atom. The molecule has 3 nitrogen and oxygen atoms in total. The van der Waals surface area contributed by atoms with Crippen molar-refractivity contribution in [3.05, 3.63) is 27.7 Å². The summed E-state index contributed by atoms with van der Waals surface area (Å²) in [5.41, 5.74) is 3.08. The number of aryl methyl sites for hydroxylation is 2. The number of benzene rings is 1. The van der Waals surface area contributed by atoms with Crippen molar-refractivity contribution >= 4 is 27.5 Å². The molecule has 0 saturated carbocycles. The van der Waals surface area contributed by atoms with E-state index in [1.807, 2.05) is 40.7 Å². The molecule has 19 heavy (non-hydrogen) atoms. The highest BCUT2D eigenvalue weighted by Crippen LogP contribution is 2.28. The molecule has 1 aromatic rings. The van der Waals surface area contributed by atoms with Gasteiger partial charge in [-0.15, -0.1) is 0 Å². The van der Waals surface area contributed by atoms with E-state index < -0.39 is 0 Å². The monoisotopic (exact) mass is 326 g/mol. The van der Waals surface area contributed by atoms with E-state index in [-0.39, 0.29) is 17.5 Å². The largest absolute Gasteiger partial charge is 0.373 e. The Hall–Kier alpha value is -1.03. The lowest BCUT2D eigenvalue weighted by molar-refractivity contribution is -0.122. The predicted molar refractivity (Wildman–Crippen MR) is 84.6 cm³/mol. The molecule has 0 fully saturated rings. The minimum atomic E-state index is -0.281. The van der Waals surface area contributed by atoms with Gasteiger partial charge in [-0.05, 0) is 74.7 Å². The van der Waals surface area contributed by atoms with Crippen LogP contribution in [0.3, 0.4) is 0 Å². The third-order valence-electron chi connectivity index (χ3n) is 2.68. The molecule has 1 amide bonds. The first-order chi connectivity index (χ1) is 8.60. The fourth-order valence-electron chi connectivity index (χ4n) is 1.86. The molecule has 0 bridgehead atoms. The van der Waals surface area contributed by atoms with E-state index in [0.717, 1.165) is 15.7 Å². The second kappa shape index (κ2) is 5.95. The molecular weight excluding hydrogens is 304 g/mol. The number of carbonyl (C=O) groups is 1. The molecule has 0 heterocycles. The van der Waals surface area contributed by atoms with Gasteiger partial charge < -0.3 is 10.6 Å². The third kappa shape index (κ3) is 4.86. The van der Waals surface area contributed by atoms with E-state index >= 15 is 0 Å². The summed E-state index contributed by atoms with van der Waals surface area (Å²) in [6, 6.07) is 3.86. The van der Waals surface area contributed by atoms with Gasteiger partial charge in [0.05, 0.1) is 5.69 Å². The Balaban J connectivity index is 2.83. The van der Waals surface area contributed by atoms with Crippen LogP contribution in [-0.2, 0) is 4.79 Å². The molecule has 0 aliphatic carbocycles. The van der Waals surface area contributed by atoms with Crippen LogP contribution in [0.25, 0.3) is 0 Å². The fourth-order valence-corrected chi connectivity index (χ4v) is 2.65. The van der Waals surface area contributed by atoms with Crippen molar-refractivity contribution in [2.24, 2.45) is 0 Å². The van der Waals surface area contributed by atoms with Gasteiger partial charge in [-0.1, -0.05) is 6.07 Å². The lowest BCUT2D eigenvalue weighted by Crippen LogP contribution is -2.47.